The van der Waals surface area contributed by atoms with Crippen LogP contribution >= 0.6 is 0 Å². The van der Waals surface area contributed by atoms with E-state index in [9.17, 15) is 0 Å². The number of aromatic nitrogens is 2. The molecular formula is C12H14N2O2. The Morgan fingerprint density at radius 2 is 2.12 bits per heavy atom. The normalized spacial score (nSPS) is 10.4. The maximum Gasteiger partial charge on any atom is 0.163 e. The first kappa shape index (κ1) is 10.7. The predicted molar refractivity (Wildman–Crippen MR) is 61.9 cm³/mol. The molecule has 0 fully saturated rings. The number of benzene rings is 1. The Morgan fingerprint density at radius 1 is 1.25 bits per heavy atom. The third-order valence-electron chi connectivity index (χ3n) is 2.25. The number of hydrogen-bond acceptors (Lipinski definition) is 4. The molecule has 4 heteroatoms. The molecule has 0 bridgehead atoms. The minimum Gasteiger partial charge on any atom is -0.493 e. The lowest BCUT2D eigenvalue weighted by Crippen LogP contribution is -1.98. The number of fused-ring (bicyclic) bond motifs is 1. The van der Waals surface area contributed by atoms with Crippen molar-refractivity contribution < 1.29 is 9.47 Å². The predicted octanol–water partition coefficient (Wildman–Crippen LogP) is 2.43. The average molecular weight is 218 g/mol. The van der Waals surface area contributed by atoms with Crippen molar-refractivity contribution >= 4 is 10.9 Å². The topological polar surface area (TPSA) is 44.2 Å². The number of rotatable bonds is 4. The summed E-state index contributed by atoms with van der Waals surface area (Å²) in [6, 6.07) is 3.77. The second kappa shape index (κ2) is 4.79. The number of ether oxygens (including phenoxy) is 2. The summed E-state index contributed by atoms with van der Waals surface area (Å²) in [5.74, 6) is 1.45. The fourth-order valence-corrected chi connectivity index (χ4v) is 1.47. The molecule has 16 heavy (non-hydrogen) atoms. The molecular weight excluding hydrogens is 204 g/mol. The standard InChI is InChI=1S/C12H14N2O2/c1-3-4-16-12-6-10-9(5-11(12)15-2)7-13-8-14-10/h5-8H,3-4H2,1-2H3. The number of hydrogen-bond donors (Lipinski definition) is 0. The maximum absolute atomic E-state index is 5.60. The highest BCUT2D eigenvalue weighted by molar-refractivity contribution is 5.81. The van der Waals surface area contributed by atoms with Gasteiger partial charge in [0.05, 0.1) is 19.2 Å². The minimum absolute atomic E-state index is 0.674. The highest BCUT2D eigenvalue weighted by Gasteiger charge is 2.07. The first-order valence-corrected chi connectivity index (χ1v) is 5.25. The Hall–Kier alpha value is -1.84. The summed E-state index contributed by atoms with van der Waals surface area (Å²) in [5, 5.41) is 0.947. The molecule has 0 unspecified atom stereocenters. The zero-order valence-electron chi connectivity index (χ0n) is 9.43. The van der Waals surface area contributed by atoms with Crippen LogP contribution in [-0.4, -0.2) is 23.7 Å². The Bertz CT molecular complexity index is 485. The van der Waals surface area contributed by atoms with Gasteiger partial charge >= 0.3 is 0 Å². The van der Waals surface area contributed by atoms with E-state index >= 15 is 0 Å². The Morgan fingerprint density at radius 3 is 2.88 bits per heavy atom. The van der Waals surface area contributed by atoms with Crippen molar-refractivity contribution in [2.45, 2.75) is 13.3 Å². The summed E-state index contributed by atoms with van der Waals surface area (Å²) >= 11 is 0. The van der Waals surface area contributed by atoms with E-state index in [0.29, 0.717) is 6.61 Å². The highest BCUT2D eigenvalue weighted by Crippen LogP contribution is 2.31. The van der Waals surface area contributed by atoms with Gasteiger partial charge in [0.25, 0.3) is 0 Å². The fourth-order valence-electron chi connectivity index (χ4n) is 1.47. The number of methoxy groups -OCH3 is 1. The molecule has 1 aromatic carbocycles. The van der Waals surface area contributed by atoms with Crippen LogP contribution in [0.15, 0.2) is 24.7 Å². The third kappa shape index (κ3) is 2.05. The quantitative estimate of drug-likeness (QED) is 0.790. The lowest BCUT2D eigenvalue weighted by molar-refractivity contribution is 0.295. The van der Waals surface area contributed by atoms with Crippen LogP contribution in [0.2, 0.25) is 0 Å². The summed E-state index contributed by atoms with van der Waals surface area (Å²) in [6.45, 7) is 2.74. The van der Waals surface area contributed by atoms with Gasteiger partial charge in [0.15, 0.2) is 11.5 Å². The van der Waals surface area contributed by atoms with Gasteiger partial charge in [0.2, 0.25) is 0 Å². The summed E-state index contributed by atoms with van der Waals surface area (Å²) in [6.07, 6.45) is 4.25. The smallest absolute Gasteiger partial charge is 0.163 e. The monoisotopic (exact) mass is 218 g/mol. The van der Waals surface area contributed by atoms with Crippen LogP contribution < -0.4 is 9.47 Å². The molecule has 0 amide bonds. The van der Waals surface area contributed by atoms with Crippen molar-refractivity contribution in [1.82, 2.24) is 9.97 Å². The summed E-state index contributed by atoms with van der Waals surface area (Å²) in [4.78, 5) is 8.15. The molecule has 2 rings (SSSR count). The summed E-state index contributed by atoms with van der Waals surface area (Å²) in [5.41, 5.74) is 0.863. The van der Waals surface area contributed by atoms with E-state index in [1.807, 2.05) is 12.1 Å². The molecule has 0 radical (unpaired) electrons. The SMILES string of the molecule is CCCOc1cc2ncncc2cc1OC. The van der Waals surface area contributed by atoms with Crippen molar-refractivity contribution in [3.05, 3.63) is 24.7 Å². The zero-order chi connectivity index (χ0) is 11.4. The second-order valence-corrected chi connectivity index (χ2v) is 3.43. The van der Waals surface area contributed by atoms with Crippen LogP contribution in [-0.2, 0) is 0 Å². The van der Waals surface area contributed by atoms with Gasteiger partial charge in [0, 0.05) is 17.6 Å². The zero-order valence-corrected chi connectivity index (χ0v) is 9.43. The Labute approximate surface area is 94.2 Å². The van der Waals surface area contributed by atoms with Gasteiger partial charge in [-0.15, -0.1) is 0 Å². The molecule has 1 heterocycles. The lowest BCUT2D eigenvalue weighted by atomic mass is 10.2. The largest absolute Gasteiger partial charge is 0.493 e. The fraction of sp³-hybridized carbons (Fsp3) is 0.333. The molecule has 0 saturated carbocycles. The van der Waals surface area contributed by atoms with Crippen LogP contribution in [0.3, 0.4) is 0 Å². The molecule has 0 atom stereocenters. The first-order valence-electron chi connectivity index (χ1n) is 5.25. The van der Waals surface area contributed by atoms with Crippen molar-refractivity contribution in [3.8, 4) is 11.5 Å². The molecule has 84 valence electrons. The van der Waals surface area contributed by atoms with Gasteiger partial charge in [-0.25, -0.2) is 9.97 Å². The number of nitrogens with zero attached hydrogens (tertiary/aromatic N) is 2. The molecule has 2 aromatic rings. The van der Waals surface area contributed by atoms with Crippen molar-refractivity contribution in [3.63, 3.8) is 0 Å². The van der Waals surface area contributed by atoms with Crippen LogP contribution in [0.1, 0.15) is 13.3 Å². The molecule has 0 spiro atoms. The third-order valence-corrected chi connectivity index (χ3v) is 2.25. The van der Waals surface area contributed by atoms with Crippen LogP contribution in [0, 0.1) is 0 Å². The first-order chi connectivity index (χ1) is 7.85. The summed E-state index contributed by atoms with van der Waals surface area (Å²) in [7, 11) is 1.63. The molecule has 0 saturated heterocycles. The molecule has 0 aliphatic heterocycles. The van der Waals surface area contributed by atoms with E-state index in [4.69, 9.17) is 9.47 Å². The second-order valence-electron chi connectivity index (χ2n) is 3.43. The Balaban J connectivity index is 2.45. The van der Waals surface area contributed by atoms with Gasteiger partial charge in [-0.3, -0.25) is 0 Å². The molecule has 4 nitrogen and oxygen atoms in total. The van der Waals surface area contributed by atoms with Crippen molar-refractivity contribution in [2.75, 3.05) is 13.7 Å². The van der Waals surface area contributed by atoms with Gasteiger partial charge in [-0.2, -0.15) is 0 Å². The Kier molecular flexibility index (Phi) is 3.19. The molecule has 0 N–H and O–H groups in total. The lowest BCUT2D eigenvalue weighted by Gasteiger charge is -2.10. The minimum atomic E-state index is 0.674. The molecule has 1 aromatic heterocycles. The molecule has 0 aliphatic rings. The van der Waals surface area contributed by atoms with Crippen LogP contribution in [0.4, 0.5) is 0 Å². The van der Waals surface area contributed by atoms with Gasteiger partial charge in [-0.05, 0) is 12.5 Å². The van der Waals surface area contributed by atoms with E-state index in [1.165, 1.54) is 6.33 Å². The van der Waals surface area contributed by atoms with E-state index in [1.54, 1.807) is 13.3 Å². The summed E-state index contributed by atoms with van der Waals surface area (Å²) < 4.78 is 10.9. The maximum atomic E-state index is 5.60. The van der Waals surface area contributed by atoms with Crippen LogP contribution in [0.25, 0.3) is 10.9 Å². The van der Waals surface area contributed by atoms with E-state index in [0.717, 1.165) is 28.8 Å². The average Bonchev–Trinajstić information content (AvgIpc) is 2.35. The molecule has 0 aliphatic carbocycles. The van der Waals surface area contributed by atoms with Crippen LogP contribution in [0.5, 0.6) is 11.5 Å². The van der Waals surface area contributed by atoms with E-state index in [-0.39, 0.29) is 0 Å². The van der Waals surface area contributed by atoms with E-state index < -0.39 is 0 Å². The van der Waals surface area contributed by atoms with Crippen molar-refractivity contribution in [2.24, 2.45) is 0 Å². The van der Waals surface area contributed by atoms with Crippen molar-refractivity contribution in [1.29, 1.82) is 0 Å². The van der Waals surface area contributed by atoms with Gasteiger partial charge in [0.1, 0.15) is 6.33 Å². The highest BCUT2D eigenvalue weighted by atomic mass is 16.5. The van der Waals surface area contributed by atoms with E-state index in [2.05, 4.69) is 16.9 Å². The van der Waals surface area contributed by atoms with Gasteiger partial charge in [-0.1, -0.05) is 6.92 Å². The van der Waals surface area contributed by atoms with Gasteiger partial charge < -0.3 is 9.47 Å².